The van der Waals surface area contributed by atoms with E-state index in [1.165, 1.54) is 5.56 Å². The third kappa shape index (κ3) is 4.31. The number of pyridine rings is 2. The van der Waals surface area contributed by atoms with Crippen LogP contribution in [0.25, 0.3) is 0 Å². The van der Waals surface area contributed by atoms with Crippen molar-refractivity contribution in [2.75, 3.05) is 13.7 Å². The molecule has 0 aromatic carbocycles. The van der Waals surface area contributed by atoms with E-state index in [-0.39, 0.29) is 6.04 Å². The zero-order valence-corrected chi connectivity index (χ0v) is 12.0. The van der Waals surface area contributed by atoms with Gasteiger partial charge in [0, 0.05) is 18.4 Å². The molecule has 0 aliphatic rings. The largest absolute Gasteiger partial charge is 0.492 e. The Hall–Kier alpha value is -1.94. The van der Waals surface area contributed by atoms with Gasteiger partial charge in [0.25, 0.3) is 0 Å². The molecule has 2 heterocycles. The van der Waals surface area contributed by atoms with Gasteiger partial charge in [0.05, 0.1) is 18.5 Å². The summed E-state index contributed by atoms with van der Waals surface area (Å²) < 4.78 is 5.70. The van der Waals surface area contributed by atoms with Crippen LogP contribution in [0.15, 0.2) is 42.9 Å². The van der Waals surface area contributed by atoms with Crippen LogP contribution < -0.4 is 10.1 Å². The first-order valence-corrected chi connectivity index (χ1v) is 6.94. The average Bonchev–Trinajstić information content (AvgIpc) is 2.52. The molecular weight excluding hydrogens is 250 g/mol. The van der Waals surface area contributed by atoms with Crippen molar-refractivity contribution in [3.8, 4) is 5.75 Å². The summed E-state index contributed by atoms with van der Waals surface area (Å²) in [5, 5.41) is 3.16. The van der Waals surface area contributed by atoms with E-state index in [1.807, 2.05) is 43.7 Å². The maximum atomic E-state index is 5.70. The first kappa shape index (κ1) is 14.5. The third-order valence-corrected chi connectivity index (χ3v) is 3.26. The van der Waals surface area contributed by atoms with Gasteiger partial charge >= 0.3 is 0 Å². The van der Waals surface area contributed by atoms with Crippen molar-refractivity contribution >= 4 is 0 Å². The van der Waals surface area contributed by atoms with Crippen LogP contribution in [-0.2, 0) is 6.42 Å². The number of rotatable bonds is 7. The number of aryl methyl sites for hydroxylation is 1. The highest BCUT2D eigenvalue weighted by Crippen LogP contribution is 2.14. The number of nitrogens with zero attached hydrogens (tertiary/aromatic N) is 2. The summed E-state index contributed by atoms with van der Waals surface area (Å²) in [6, 6.07) is 8.31. The lowest BCUT2D eigenvalue weighted by Gasteiger charge is -2.10. The van der Waals surface area contributed by atoms with E-state index in [2.05, 4.69) is 22.2 Å². The molecule has 0 fully saturated rings. The van der Waals surface area contributed by atoms with Gasteiger partial charge in [-0.15, -0.1) is 0 Å². The fraction of sp³-hybridized carbons (Fsp3) is 0.375. The molecule has 0 spiro atoms. The number of hydrogen-bond acceptors (Lipinski definition) is 4. The van der Waals surface area contributed by atoms with Gasteiger partial charge in [0.2, 0.25) is 0 Å². The Morgan fingerprint density at radius 1 is 1.20 bits per heavy atom. The minimum Gasteiger partial charge on any atom is -0.492 e. The lowest BCUT2D eigenvalue weighted by molar-refractivity contribution is 0.309. The van der Waals surface area contributed by atoms with Gasteiger partial charge in [-0.25, -0.2) is 0 Å². The van der Waals surface area contributed by atoms with Crippen molar-refractivity contribution in [2.45, 2.75) is 25.8 Å². The molecule has 2 aromatic heterocycles. The van der Waals surface area contributed by atoms with Crippen LogP contribution in [0.4, 0.5) is 0 Å². The first-order valence-electron chi connectivity index (χ1n) is 6.94. The second kappa shape index (κ2) is 7.60. The molecule has 0 amide bonds. The third-order valence-electron chi connectivity index (χ3n) is 3.26. The van der Waals surface area contributed by atoms with Gasteiger partial charge in [-0.05, 0) is 56.6 Å². The Labute approximate surface area is 120 Å². The molecule has 20 heavy (non-hydrogen) atoms. The Balaban J connectivity index is 1.74. The molecule has 2 rings (SSSR count). The fourth-order valence-corrected chi connectivity index (χ4v) is 1.90. The van der Waals surface area contributed by atoms with Crippen LogP contribution in [0.2, 0.25) is 0 Å². The molecule has 106 valence electrons. The zero-order chi connectivity index (χ0) is 14.2. The van der Waals surface area contributed by atoms with E-state index in [1.54, 1.807) is 6.20 Å². The highest BCUT2D eigenvalue weighted by atomic mass is 16.5. The lowest BCUT2D eigenvalue weighted by atomic mass is 10.1. The monoisotopic (exact) mass is 271 g/mol. The number of ether oxygens (including phenoxy) is 1. The summed E-state index contributed by atoms with van der Waals surface area (Å²) >= 11 is 0. The van der Waals surface area contributed by atoms with Crippen LogP contribution in [0.1, 0.15) is 30.6 Å². The van der Waals surface area contributed by atoms with Crippen molar-refractivity contribution in [3.63, 3.8) is 0 Å². The van der Waals surface area contributed by atoms with E-state index in [4.69, 9.17) is 4.74 Å². The molecule has 0 radical (unpaired) electrons. The van der Waals surface area contributed by atoms with Gasteiger partial charge in [-0.2, -0.15) is 0 Å². The molecule has 0 bridgehead atoms. The van der Waals surface area contributed by atoms with Crippen molar-refractivity contribution in [1.29, 1.82) is 0 Å². The van der Waals surface area contributed by atoms with Crippen LogP contribution in [-0.4, -0.2) is 23.6 Å². The summed E-state index contributed by atoms with van der Waals surface area (Å²) in [5.74, 6) is 0.826. The molecule has 1 atom stereocenters. The highest BCUT2D eigenvalue weighted by Gasteiger charge is 2.03. The summed E-state index contributed by atoms with van der Waals surface area (Å²) in [6.45, 7) is 2.78. The van der Waals surface area contributed by atoms with Crippen molar-refractivity contribution in [1.82, 2.24) is 15.3 Å². The second-order valence-corrected chi connectivity index (χ2v) is 4.74. The number of hydrogen-bond donors (Lipinski definition) is 1. The van der Waals surface area contributed by atoms with Crippen LogP contribution in [0, 0.1) is 0 Å². The average molecular weight is 271 g/mol. The number of nitrogens with one attached hydrogen (secondary N) is 1. The van der Waals surface area contributed by atoms with Crippen LogP contribution in [0.5, 0.6) is 5.75 Å². The van der Waals surface area contributed by atoms with Crippen molar-refractivity contribution in [3.05, 3.63) is 54.1 Å². The van der Waals surface area contributed by atoms with Gasteiger partial charge in [-0.1, -0.05) is 0 Å². The summed E-state index contributed by atoms with van der Waals surface area (Å²) in [6.07, 6.45) is 7.42. The Kier molecular flexibility index (Phi) is 5.50. The second-order valence-electron chi connectivity index (χ2n) is 4.74. The molecule has 1 unspecified atom stereocenters. The predicted molar refractivity (Wildman–Crippen MR) is 79.8 cm³/mol. The lowest BCUT2D eigenvalue weighted by Crippen LogP contribution is -2.13. The van der Waals surface area contributed by atoms with Gasteiger partial charge in [0.15, 0.2) is 0 Å². The normalized spacial score (nSPS) is 12.1. The van der Waals surface area contributed by atoms with Crippen LogP contribution >= 0.6 is 0 Å². The molecule has 0 aliphatic carbocycles. The van der Waals surface area contributed by atoms with E-state index in [0.29, 0.717) is 6.61 Å². The fourth-order valence-electron chi connectivity index (χ4n) is 1.90. The Morgan fingerprint density at radius 3 is 2.65 bits per heavy atom. The maximum Gasteiger partial charge on any atom is 0.137 e. The van der Waals surface area contributed by atoms with E-state index < -0.39 is 0 Å². The summed E-state index contributed by atoms with van der Waals surface area (Å²) in [4.78, 5) is 8.40. The quantitative estimate of drug-likeness (QED) is 0.787. The molecule has 2 aromatic rings. The Morgan fingerprint density at radius 2 is 2.00 bits per heavy atom. The molecule has 0 saturated carbocycles. The molecule has 4 nitrogen and oxygen atoms in total. The standard InChI is InChI=1S/C16H21N3O/c1-13(17-2)16-6-5-15(12-19-16)20-11-3-4-14-7-9-18-10-8-14/h5-10,12-13,17H,3-4,11H2,1-2H3. The van der Waals surface area contributed by atoms with Crippen molar-refractivity contribution in [2.24, 2.45) is 0 Å². The predicted octanol–water partition coefficient (Wildman–Crippen LogP) is 2.77. The maximum absolute atomic E-state index is 5.70. The van der Waals surface area contributed by atoms with Crippen molar-refractivity contribution < 1.29 is 4.74 Å². The highest BCUT2D eigenvalue weighted by molar-refractivity contribution is 5.21. The first-order chi connectivity index (χ1) is 9.79. The molecule has 4 heteroatoms. The molecule has 1 N–H and O–H groups in total. The van der Waals surface area contributed by atoms with E-state index in [0.717, 1.165) is 24.3 Å². The number of aromatic nitrogens is 2. The minimum atomic E-state index is 0.260. The summed E-state index contributed by atoms with van der Waals surface area (Å²) in [5.41, 5.74) is 2.32. The van der Waals surface area contributed by atoms with Gasteiger partial charge in [-0.3, -0.25) is 9.97 Å². The SMILES string of the molecule is CNC(C)c1ccc(OCCCc2ccncc2)cn1. The molecule has 0 aliphatic heterocycles. The van der Waals surface area contributed by atoms with Gasteiger partial charge in [0.1, 0.15) is 5.75 Å². The molecule has 0 saturated heterocycles. The Bertz CT molecular complexity index is 499. The van der Waals surface area contributed by atoms with E-state index >= 15 is 0 Å². The summed E-state index contributed by atoms with van der Waals surface area (Å²) in [7, 11) is 1.93. The van der Waals surface area contributed by atoms with Gasteiger partial charge < -0.3 is 10.1 Å². The smallest absolute Gasteiger partial charge is 0.137 e. The molecular formula is C16H21N3O. The minimum absolute atomic E-state index is 0.260. The zero-order valence-electron chi connectivity index (χ0n) is 12.0. The van der Waals surface area contributed by atoms with E-state index in [9.17, 15) is 0 Å². The topological polar surface area (TPSA) is 47.0 Å². The van der Waals surface area contributed by atoms with Crippen LogP contribution in [0.3, 0.4) is 0 Å².